The van der Waals surface area contributed by atoms with Gasteiger partial charge >= 0.3 is 0 Å². The summed E-state index contributed by atoms with van der Waals surface area (Å²) in [6, 6.07) is 45.8. The average molecular weight is 519 g/mol. The van der Waals surface area contributed by atoms with Gasteiger partial charge in [0.15, 0.2) is 0 Å². The van der Waals surface area contributed by atoms with Gasteiger partial charge in [-0.1, -0.05) is 160 Å². The molecule has 0 N–H and O–H groups in total. The Hall–Kier alpha value is -2.82. The lowest BCUT2D eigenvalue weighted by molar-refractivity contribution is 0.575. The first kappa shape index (κ1) is 26.8. The maximum Gasteiger partial charge on any atom is 0.0100 e. The molecular formula is C37H43P. The van der Waals surface area contributed by atoms with Crippen LogP contribution in [0, 0.1) is 0 Å². The van der Waals surface area contributed by atoms with Gasteiger partial charge in [-0.25, -0.2) is 0 Å². The minimum absolute atomic E-state index is 0.470. The second-order valence-electron chi connectivity index (χ2n) is 10.9. The molecule has 0 saturated heterocycles. The van der Waals surface area contributed by atoms with Crippen molar-refractivity contribution in [1.82, 2.24) is 0 Å². The summed E-state index contributed by atoms with van der Waals surface area (Å²) in [4.78, 5) is 0. The molecule has 4 aromatic rings. The molecule has 5 rings (SSSR count). The lowest BCUT2D eigenvalue weighted by atomic mass is 9.78. The second kappa shape index (κ2) is 13.8. The van der Waals surface area contributed by atoms with Crippen LogP contribution in [0.2, 0.25) is 0 Å². The van der Waals surface area contributed by atoms with Gasteiger partial charge in [-0.2, -0.15) is 0 Å². The Labute approximate surface area is 231 Å². The lowest BCUT2D eigenvalue weighted by Crippen LogP contribution is -2.26. The van der Waals surface area contributed by atoms with Gasteiger partial charge in [0.25, 0.3) is 0 Å². The molecule has 4 aromatic carbocycles. The summed E-state index contributed by atoms with van der Waals surface area (Å²) in [6.45, 7) is 2.31. The van der Waals surface area contributed by atoms with Gasteiger partial charge in [-0.3, -0.25) is 0 Å². The third kappa shape index (κ3) is 6.42. The fourth-order valence-corrected chi connectivity index (χ4v) is 10.9. The summed E-state index contributed by atoms with van der Waals surface area (Å²) in [6.07, 6.45) is 10.7. The van der Waals surface area contributed by atoms with Gasteiger partial charge in [-0.05, 0) is 52.5 Å². The number of hydrogen-bond acceptors (Lipinski definition) is 0. The number of rotatable bonds is 11. The molecule has 4 atom stereocenters. The minimum atomic E-state index is -0.896. The van der Waals surface area contributed by atoms with E-state index >= 15 is 0 Å². The highest BCUT2D eigenvalue weighted by Gasteiger charge is 2.38. The minimum Gasteiger partial charge on any atom is -0.105 e. The van der Waals surface area contributed by atoms with Gasteiger partial charge in [0.2, 0.25) is 0 Å². The maximum atomic E-state index is 2.41. The SMILES string of the molecule is CCCCCCCC[PH]1=C(c2ccccc2)C(c2ccccc2)CC(c2ccccc2)C1c1ccccc1. The first-order chi connectivity index (χ1) is 18.9. The molecule has 1 heteroatoms. The van der Waals surface area contributed by atoms with Crippen LogP contribution in [0.1, 0.15) is 91.6 Å². The third-order valence-electron chi connectivity index (χ3n) is 8.43. The van der Waals surface area contributed by atoms with Gasteiger partial charge < -0.3 is 0 Å². The largest absolute Gasteiger partial charge is 0.105 e. The molecule has 0 nitrogen and oxygen atoms in total. The van der Waals surface area contributed by atoms with Gasteiger partial charge in [-0.15, -0.1) is 7.55 Å². The van der Waals surface area contributed by atoms with E-state index in [9.17, 15) is 0 Å². The predicted molar refractivity (Wildman–Crippen MR) is 169 cm³/mol. The molecule has 0 aliphatic carbocycles. The summed E-state index contributed by atoms with van der Waals surface area (Å²) in [5.41, 5.74) is 6.60. The van der Waals surface area contributed by atoms with Crippen LogP contribution in [0.4, 0.5) is 0 Å². The van der Waals surface area contributed by atoms with Crippen molar-refractivity contribution in [2.75, 3.05) is 6.16 Å². The van der Waals surface area contributed by atoms with E-state index in [0.717, 1.165) is 0 Å². The molecule has 1 aliphatic rings. The van der Waals surface area contributed by atoms with Crippen molar-refractivity contribution in [2.24, 2.45) is 0 Å². The Morgan fingerprint density at radius 1 is 0.553 bits per heavy atom. The molecule has 0 bridgehead atoms. The van der Waals surface area contributed by atoms with E-state index < -0.39 is 7.55 Å². The van der Waals surface area contributed by atoms with Gasteiger partial charge in [0.1, 0.15) is 0 Å². The smallest absolute Gasteiger partial charge is 0.0100 e. The van der Waals surface area contributed by atoms with Crippen molar-refractivity contribution >= 4 is 12.8 Å². The predicted octanol–water partition coefficient (Wildman–Crippen LogP) is 10.5. The molecule has 0 amide bonds. The van der Waals surface area contributed by atoms with Crippen molar-refractivity contribution in [3.63, 3.8) is 0 Å². The summed E-state index contributed by atoms with van der Waals surface area (Å²) in [5.74, 6) is 1.00. The molecule has 38 heavy (non-hydrogen) atoms. The van der Waals surface area contributed by atoms with Crippen LogP contribution in [0.5, 0.6) is 0 Å². The van der Waals surface area contributed by atoms with E-state index in [-0.39, 0.29) is 0 Å². The van der Waals surface area contributed by atoms with E-state index in [1.807, 2.05) is 0 Å². The Balaban J connectivity index is 1.66. The van der Waals surface area contributed by atoms with E-state index in [2.05, 4.69) is 128 Å². The zero-order valence-corrected chi connectivity index (χ0v) is 23.9. The molecule has 0 radical (unpaired) electrons. The van der Waals surface area contributed by atoms with E-state index in [4.69, 9.17) is 0 Å². The highest BCUT2D eigenvalue weighted by atomic mass is 31.1. The Morgan fingerprint density at radius 3 is 1.66 bits per heavy atom. The van der Waals surface area contributed by atoms with E-state index in [1.165, 1.54) is 67.8 Å². The van der Waals surface area contributed by atoms with Crippen LogP contribution in [0.15, 0.2) is 121 Å². The summed E-state index contributed by atoms with van der Waals surface area (Å²) >= 11 is 0. The van der Waals surface area contributed by atoms with E-state index in [0.29, 0.717) is 17.5 Å². The molecule has 0 spiro atoms. The lowest BCUT2D eigenvalue weighted by Gasteiger charge is -2.42. The topological polar surface area (TPSA) is 0 Å². The first-order valence-corrected chi connectivity index (χ1v) is 16.6. The zero-order valence-electron chi connectivity index (χ0n) is 22.9. The fourth-order valence-electron chi connectivity index (χ4n) is 6.64. The van der Waals surface area contributed by atoms with Crippen LogP contribution in [-0.2, 0) is 0 Å². The fraction of sp³-hybridized carbons (Fsp3) is 0.324. The van der Waals surface area contributed by atoms with Crippen molar-refractivity contribution in [3.8, 4) is 0 Å². The summed E-state index contributed by atoms with van der Waals surface area (Å²) in [5, 5.41) is 1.76. The van der Waals surface area contributed by atoms with Crippen LogP contribution in [-0.4, -0.2) is 11.5 Å². The Kier molecular flexibility index (Phi) is 9.74. The maximum absolute atomic E-state index is 2.41. The first-order valence-electron chi connectivity index (χ1n) is 14.8. The molecule has 0 fully saturated rings. The molecule has 4 unspecified atom stereocenters. The van der Waals surface area contributed by atoms with Crippen molar-refractivity contribution in [3.05, 3.63) is 144 Å². The summed E-state index contributed by atoms with van der Waals surface area (Å²) < 4.78 is 0. The van der Waals surface area contributed by atoms with Gasteiger partial charge in [0.05, 0.1) is 0 Å². The third-order valence-corrected chi connectivity index (χ3v) is 12.1. The standard InChI is InChI=1S/C37H43P/c1-2-3-4-5-6-19-28-38-36(32-24-15-9-16-25-32)34(30-20-11-7-12-21-30)29-35(31-22-13-8-14-23-31)37(38)33-26-17-10-18-27-33/h7-18,20-27,34-36,38H,2-6,19,28-29H2,1H3. The molecule has 1 aliphatic heterocycles. The van der Waals surface area contributed by atoms with Crippen LogP contribution in [0.25, 0.3) is 0 Å². The number of unbranched alkanes of at least 4 members (excludes halogenated alkanes) is 5. The Bertz CT molecular complexity index is 1260. The van der Waals surface area contributed by atoms with Crippen molar-refractivity contribution < 1.29 is 0 Å². The monoisotopic (exact) mass is 518 g/mol. The molecule has 1 heterocycles. The number of hydrogen-bond donors (Lipinski definition) is 0. The Morgan fingerprint density at radius 2 is 1.05 bits per heavy atom. The molecule has 0 aromatic heterocycles. The van der Waals surface area contributed by atoms with E-state index in [1.54, 1.807) is 10.9 Å². The van der Waals surface area contributed by atoms with Crippen LogP contribution < -0.4 is 0 Å². The van der Waals surface area contributed by atoms with Crippen LogP contribution in [0.3, 0.4) is 0 Å². The quantitative estimate of drug-likeness (QED) is 0.137. The molecule has 196 valence electrons. The molecule has 0 saturated carbocycles. The zero-order chi connectivity index (χ0) is 26.0. The highest BCUT2D eigenvalue weighted by molar-refractivity contribution is 7.60. The second-order valence-corrected chi connectivity index (χ2v) is 13.6. The molecular weight excluding hydrogens is 475 g/mol. The highest BCUT2D eigenvalue weighted by Crippen LogP contribution is 2.61. The normalized spacial score (nSPS) is 21.3. The van der Waals surface area contributed by atoms with Crippen molar-refractivity contribution in [2.45, 2.75) is 69.4 Å². The van der Waals surface area contributed by atoms with Gasteiger partial charge in [0, 0.05) is 11.6 Å². The average Bonchev–Trinajstić information content (AvgIpc) is 3.00. The summed E-state index contributed by atoms with van der Waals surface area (Å²) in [7, 11) is -0.896. The van der Waals surface area contributed by atoms with Crippen molar-refractivity contribution in [1.29, 1.82) is 0 Å². The number of benzene rings is 4. The van der Waals surface area contributed by atoms with Crippen LogP contribution >= 0.6 is 7.55 Å².